The third-order valence-electron chi connectivity index (χ3n) is 10.4. The van der Waals surface area contributed by atoms with E-state index >= 15 is 39.3 Å². The first-order valence-electron chi connectivity index (χ1n) is 18.0. The van der Waals surface area contributed by atoms with Crippen LogP contribution in [0.25, 0.3) is 0 Å². The van der Waals surface area contributed by atoms with Crippen molar-refractivity contribution >= 4 is 51.5 Å². The second-order valence-corrected chi connectivity index (χ2v) is 16.6. The van der Waals surface area contributed by atoms with Crippen LogP contribution in [0.2, 0.25) is 0 Å². The largest absolute Gasteiger partial charge is 0.305 e. The average molecular weight is 1050 g/mol. The molecule has 0 amide bonds. The lowest BCUT2D eigenvalue weighted by Gasteiger charge is -2.44. The van der Waals surface area contributed by atoms with Gasteiger partial charge < -0.3 is 0 Å². The summed E-state index contributed by atoms with van der Waals surface area (Å²) in [5, 5.41) is -1.73. The lowest BCUT2D eigenvalue weighted by Crippen LogP contribution is -2.81. The summed E-state index contributed by atoms with van der Waals surface area (Å²) in [6.07, 6.45) is -7.22. The predicted molar refractivity (Wildman–Crippen MR) is 195 cm³/mol. The van der Waals surface area contributed by atoms with Crippen LogP contribution >= 0.6 is 7.57 Å². The minimum atomic E-state index is -7.22. The molecular weight excluding hydrogens is 1040 g/mol. The number of rotatable bonds is 7. The van der Waals surface area contributed by atoms with Gasteiger partial charge in [-0.3, -0.25) is 0 Å². The van der Waals surface area contributed by atoms with Crippen LogP contribution in [-0.2, 0) is 0 Å². The molecule has 70 heavy (non-hydrogen) atoms. The minimum Gasteiger partial charge on any atom is -0.207 e. The van der Waals surface area contributed by atoms with E-state index in [4.69, 9.17) is 0 Å². The highest BCUT2D eigenvalue weighted by atomic mass is 31.2. The topological polar surface area (TPSA) is 0 Å². The summed E-state index contributed by atoms with van der Waals surface area (Å²) in [5.74, 6) is -82.4. The van der Waals surface area contributed by atoms with Gasteiger partial charge in [0, 0.05) is 0 Å². The van der Waals surface area contributed by atoms with Crippen molar-refractivity contribution in [3.8, 4) is 0 Å². The molecule has 7 aromatic rings. The molecule has 0 aliphatic heterocycles. The molecule has 368 valence electrons. The average Bonchev–Trinajstić information content (AvgIpc) is 3.35. The van der Waals surface area contributed by atoms with Crippen LogP contribution in [-0.4, -0.2) is 6.15 Å². The summed E-state index contributed by atoms with van der Waals surface area (Å²) < 4.78 is 379. The van der Waals surface area contributed by atoms with E-state index in [2.05, 4.69) is 0 Å². The Labute approximate surface area is 371 Å². The van der Waals surface area contributed by atoms with E-state index in [1.54, 1.807) is 12.1 Å². The first-order chi connectivity index (χ1) is 32.6. The van der Waals surface area contributed by atoms with E-state index in [1.807, 2.05) is 0 Å². The Morgan fingerprint density at radius 2 is 0.371 bits per heavy atom. The van der Waals surface area contributed by atoms with Crippen LogP contribution in [0.1, 0.15) is 0 Å². The van der Waals surface area contributed by atoms with Crippen LogP contribution in [0, 0.1) is 145 Å². The lowest BCUT2D eigenvalue weighted by molar-refractivity contribution is 0.378. The van der Waals surface area contributed by atoms with Gasteiger partial charge in [0.2, 0.25) is 34.4 Å². The number of halogens is 26. The van der Waals surface area contributed by atoms with Crippen molar-refractivity contribution in [2.75, 3.05) is 0 Å². The van der Waals surface area contributed by atoms with Crippen LogP contribution in [0.3, 0.4) is 0 Å². The molecule has 0 atom stereocenters. The van der Waals surface area contributed by atoms with Crippen LogP contribution in [0.4, 0.5) is 114 Å². The highest BCUT2D eigenvalue weighted by molar-refractivity contribution is 7.91. The molecule has 0 radical (unpaired) electrons. The fourth-order valence-electron chi connectivity index (χ4n) is 7.41. The van der Waals surface area contributed by atoms with Gasteiger partial charge >= 0.3 is 7.57 Å². The zero-order valence-corrected chi connectivity index (χ0v) is 33.5. The van der Waals surface area contributed by atoms with Gasteiger partial charge in [0.15, 0.2) is 69.8 Å². The third kappa shape index (κ3) is 7.57. The summed E-state index contributed by atoms with van der Waals surface area (Å²) >= 11 is 0. The van der Waals surface area contributed by atoms with Crippen LogP contribution in [0.15, 0.2) is 60.7 Å². The van der Waals surface area contributed by atoms with Gasteiger partial charge in [-0.05, 0) is 28.5 Å². The molecular formula is C42H10BF26P. The van der Waals surface area contributed by atoms with Crippen molar-refractivity contribution in [3.63, 3.8) is 0 Å². The number of hydrogen-bond donors (Lipinski definition) is 0. The van der Waals surface area contributed by atoms with E-state index in [9.17, 15) is 74.6 Å². The predicted octanol–water partition coefficient (Wildman–Crippen LogP) is 10.4. The summed E-state index contributed by atoms with van der Waals surface area (Å²) in [5.41, 5.74) is -14.3. The first-order valence-corrected chi connectivity index (χ1v) is 19.7. The molecule has 0 aliphatic rings. The van der Waals surface area contributed by atoms with E-state index in [0.29, 0.717) is 0 Å². The minimum absolute atomic E-state index is 0.149. The summed E-state index contributed by atoms with van der Waals surface area (Å²) in [7, 11) is -4.57. The Hall–Kier alpha value is -6.79. The molecule has 0 aromatic heterocycles. The van der Waals surface area contributed by atoms with Crippen molar-refractivity contribution in [3.05, 3.63) is 206 Å². The molecule has 0 fully saturated rings. The van der Waals surface area contributed by atoms with Crippen molar-refractivity contribution < 1.29 is 114 Å². The van der Waals surface area contributed by atoms with Crippen molar-refractivity contribution in [2.24, 2.45) is 0 Å². The van der Waals surface area contributed by atoms with Crippen molar-refractivity contribution in [2.45, 2.75) is 0 Å². The zero-order chi connectivity index (χ0) is 52.5. The molecule has 0 bridgehead atoms. The van der Waals surface area contributed by atoms with Crippen LogP contribution < -0.4 is 37.8 Å². The third-order valence-corrected chi connectivity index (χ3v) is 13.5. The molecule has 7 rings (SSSR count). The summed E-state index contributed by atoms with van der Waals surface area (Å²) in [6.45, 7) is 0. The van der Waals surface area contributed by atoms with E-state index in [1.165, 1.54) is 48.5 Å². The standard InChI is InChI=1S/C24BF20.C18H10F6P/c26-5-1(6(27)14(35)21(42)13(5)34)25(2-7(28)15(36)22(43)16(37)8(2)29,3-9(30)17(38)23(44)18(39)10(3)31)4-11(32)19(40)24(45)20(41)12(4)33;19-13-14(20)16(22)18(17(23)15(13)21)25(24,11-7-3-1-4-8-11)12-9-5-2-6-10-12/h;1-10H/q-1;+1. The second kappa shape index (κ2) is 18.8. The molecule has 0 unspecified atom stereocenters. The van der Waals surface area contributed by atoms with Gasteiger partial charge in [-0.15, -0.1) is 21.9 Å². The number of benzene rings is 7. The maximum absolute atomic E-state index is 16.2. The molecule has 0 spiro atoms. The molecule has 0 heterocycles. The summed E-state index contributed by atoms with van der Waals surface area (Å²) in [6, 6.07) is 13.9. The first kappa shape index (κ1) is 52.6. The summed E-state index contributed by atoms with van der Waals surface area (Å²) in [4.78, 5) is 0. The molecule has 0 saturated carbocycles. The maximum atomic E-state index is 16.2. The maximum Gasteiger partial charge on any atom is 0.305 e. The highest BCUT2D eigenvalue weighted by Crippen LogP contribution is 2.58. The van der Waals surface area contributed by atoms with E-state index < -0.39 is 186 Å². The lowest BCUT2D eigenvalue weighted by atomic mass is 9.12. The molecule has 0 aliphatic carbocycles. The normalized spacial score (nSPS) is 11.9. The zero-order valence-electron chi connectivity index (χ0n) is 32.6. The molecule has 0 nitrogen and oxygen atoms in total. The van der Waals surface area contributed by atoms with Gasteiger partial charge in [0.05, 0.1) is 0 Å². The fraction of sp³-hybridized carbons (Fsp3) is 0. The monoisotopic (exact) mass is 1050 g/mol. The Morgan fingerprint density at radius 3 is 0.557 bits per heavy atom. The quantitative estimate of drug-likeness (QED) is 0.0491. The molecule has 28 heteroatoms. The highest BCUT2D eigenvalue weighted by Gasteiger charge is 2.55. The van der Waals surface area contributed by atoms with Gasteiger partial charge in [0.25, 0.3) is 0 Å². The van der Waals surface area contributed by atoms with Crippen LogP contribution in [0.5, 0.6) is 0 Å². The molecule has 0 N–H and O–H groups in total. The second-order valence-electron chi connectivity index (χ2n) is 14.0. The smallest absolute Gasteiger partial charge is 0.207 e. The number of hydrogen-bond acceptors (Lipinski definition) is 0. The van der Waals surface area contributed by atoms with Gasteiger partial charge in [0.1, 0.15) is 63.3 Å². The molecule has 0 saturated heterocycles. The molecule has 7 aromatic carbocycles. The Kier molecular flexibility index (Phi) is 14.2. The van der Waals surface area contributed by atoms with Crippen molar-refractivity contribution in [1.29, 1.82) is 0 Å². The fourth-order valence-corrected chi connectivity index (χ4v) is 10.1. The van der Waals surface area contributed by atoms with E-state index in [-0.39, 0.29) is 10.6 Å². The van der Waals surface area contributed by atoms with Gasteiger partial charge in [-0.1, -0.05) is 36.4 Å². The Morgan fingerprint density at radius 1 is 0.214 bits per heavy atom. The SMILES string of the molecule is Fc1c(F)c(F)c([B-](c2c(F)c(F)c(F)c(F)c2F)(c2c(F)c(F)c(F)c(F)c2F)c2c(F)c(F)c(F)c(F)c2F)c(F)c1F.Fc1c(F)c(F)c([P+](F)(c2ccccc2)c2ccccc2)c(F)c1F. The Balaban J connectivity index is 0.000000270. The van der Waals surface area contributed by atoms with E-state index in [0.717, 1.165) is 0 Å². The van der Waals surface area contributed by atoms with Gasteiger partial charge in [-0.25, -0.2) is 101 Å². The Bertz CT molecular complexity index is 2830. The van der Waals surface area contributed by atoms with Gasteiger partial charge in [-0.2, -0.15) is 8.78 Å². The van der Waals surface area contributed by atoms with Crippen molar-refractivity contribution in [1.82, 2.24) is 0 Å².